The van der Waals surface area contributed by atoms with Crippen LogP contribution >= 0.6 is 0 Å². The van der Waals surface area contributed by atoms with Gasteiger partial charge in [0, 0.05) is 0 Å². The summed E-state index contributed by atoms with van der Waals surface area (Å²) in [5.41, 5.74) is 0.895. The van der Waals surface area contributed by atoms with Crippen LogP contribution in [0.3, 0.4) is 0 Å². The van der Waals surface area contributed by atoms with E-state index in [0.29, 0.717) is 13.4 Å². The van der Waals surface area contributed by atoms with Gasteiger partial charge in [-0.2, -0.15) is 0 Å². The molecule has 0 radical (unpaired) electrons. The zero-order chi connectivity index (χ0) is 7.11. The van der Waals surface area contributed by atoms with Crippen molar-refractivity contribution in [2.45, 2.75) is 20.8 Å². The molecule has 1 aliphatic rings. The third kappa shape index (κ3) is 3.97. The summed E-state index contributed by atoms with van der Waals surface area (Å²) in [6.45, 7) is 6.77. The van der Waals surface area contributed by atoms with Crippen molar-refractivity contribution in [2.24, 2.45) is 5.16 Å². The lowest BCUT2D eigenvalue weighted by molar-refractivity contribution is -0.0556. The summed E-state index contributed by atoms with van der Waals surface area (Å²) in [4.78, 5) is 4.55. The van der Waals surface area contributed by atoms with Gasteiger partial charge < -0.3 is 9.57 Å². The van der Waals surface area contributed by atoms with E-state index in [-0.39, 0.29) is 0 Å². The SMILES string of the molecule is CC.CC1=NOCOC1. The van der Waals surface area contributed by atoms with Crippen LogP contribution in [0.25, 0.3) is 0 Å². The quantitative estimate of drug-likeness (QED) is 0.497. The lowest BCUT2D eigenvalue weighted by atomic mass is 10.5. The van der Waals surface area contributed by atoms with Gasteiger partial charge in [0.2, 0.25) is 6.79 Å². The number of nitrogens with zero attached hydrogens (tertiary/aromatic N) is 1. The van der Waals surface area contributed by atoms with Crippen molar-refractivity contribution in [1.29, 1.82) is 0 Å². The van der Waals surface area contributed by atoms with Crippen LogP contribution in [-0.4, -0.2) is 19.1 Å². The number of hydrogen-bond acceptors (Lipinski definition) is 3. The van der Waals surface area contributed by atoms with E-state index >= 15 is 0 Å². The maximum atomic E-state index is 4.83. The molecule has 0 aliphatic carbocycles. The number of oxime groups is 1. The molecule has 0 aromatic heterocycles. The van der Waals surface area contributed by atoms with Crippen LogP contribution in [0.1, 0.15) is 20.8 Å². The van der Waals surface area contributed by atoms with E-state index in [1.54, 1.807) is 0 Å². The molecule has 0 fully saturated rings. The highest BCUT2D eigenvalue weighted by molar-refractivity contribution is 5.82. The van der Waals surface area contributed by atoms with Crippen LogP contribution in [0.15, 0.2) is 5.16 Å². The molecule has 0 bridgehead atoms. The van der Waals surface area contributed by atoms with Crippen molar-refractivity contribution < 1.29 is 9.57 Å². The lowest BCUT2D eigenvalue weighted by Gasteiger charge is -2.07. The fraction of sp³-hybridized carbons (Fsp3) is 0.833. The second kappa shape index (κ2) is 5.56. The monoisotopic (exact) mass is 131 g/mol. The molecule has 0 saturated heterocycles. The van der Waals surface area contributed by atoms with Crippen LogP contribution in [0.4, 0.5) is 0 Å². The molecule has 3 heteroatoms. The Bertz CT molecular complexity index is 91.1. The van der Waals surface area contributed by atoms with Gasteiger partial charge in [-0.05, 0) is 6.92 Å². The first kappa shape index (κ1) is 8.43. The number of rotatable bonds is 0. The van der Waals surface area contributed by atoms with Crippen molar-refractivity contribution in [3.05, 3.63) is 0 Å². The first-order chi connectivity index (χ1) is 4.39. The molecule has 0 amide bonds. The van der Waals surface area contributed by atoms with Crippen LogP contribution < -0.4 is 0 Å². The summed E-state index contributed by atoms with van der Waals surface area (Å²) in [6.07, 6.45) is 0. The molecule has 9 heavy (non-hydrogen) atoms. The van der Waals surface area contributed by atoms with E-state index in [1.165, 1.54) is 0 Å². The van der Waals surface area contributed by atoms with Gasteiger partial charge in [0.25, 0.3) is 0 Å². The van der Waals surface area contributed by atoms with Gasteiger partial charge in [0.1, 0.15) is 0 Å². The normalized spacial score (nSPS) is 16.6. The predicted octanol–water partition coefficient (Wildman–Crippen LogP) is 1.39. The van der Waals surface area contributed by atoms with Gasteiger partial charge in [-0.15, -0.1) is 0 Å². The van der Waals surface area contributed by atoms with E-state index in [1.807, 2.05) is 20.8 Å². The lowest BCUT2D eigenvalue weighted by Crippen LogP contribution is -2.12. The maximum Gasteiger partial charge on any atom is 0.216 e. The minimum absolute atomic E-state index is 0.303. The van der Waals surface area contributed by atoms with Gasteiger partial charge in [0.15, 0.2) is 0 Å². The van der Waals surface area contributed by atoms with Crippen LogP contribution in [0.2, 0.25) is 0 Å². The summed E-state index contributed by atoms with van der Waals surface area (Å²) in [5, 5.41) is 3.62. The Hall–Kier alpha value is -0.570. The summed E-state index contributed by atoms with van der Waals surface area (Å²) >= 11 is 0. The van der Waals surface area contributed by atoms with E-state index in [9.17, 15) is 0 Å². The smallest absolute Gasteiger partial charge is 0.216 e. The van der Waals surface area contributed by atoms with E-state index < -0.39 is 0 Å². The second-order valence-electron chi connectivity index (χ2n) is 1.42. The van der Waals surface area contributed by atoms with Gasteiger partial charge >= 0.3 is 0 Å². The van der Waals surface area contributed by atoms with Gasteiger partial charge in [-0.25, -0.2) is 0 Å². The molecule has 0 N–H and O–H groups in total. The fourth-order valence-electron chi connectivity index (χ4n) is 0.390. The molecule has 1 aliphatic heterocycles. The Morgan fingerprint density at radius 2 is 2.11 bits per heavy atom. The van der Waals surface area contributed by atoms with Gasteiger partial charge in [0.05, 0.1) is 12.3 Å². The van der Waals surface area contributed by atoms with Crippen molar-refractivity contribution >= 4 is 5.71 Å². The molecule has 0 aromatic carbocycles. The first-order valence-electron chi connectivity index (χ1n) is 3.13. The molecule has 54 valence electrons. The minimum atomic E-state index is 0.303. The Morgan fingerprint density at radius 3 is 2.33 bits per heavy atom. The highest BCUT2D eigenvalue weighted by Crippen LogP contribution is 1.90. The molecule has 0 saturated carbocycles. The predicted molar refractivity (Wildman–Crippen MR) is 36.4 cm³/mol. The molecule has 0 atom stereocenters. The molecular weight excluding hydrogens is 118 g/mol. The first-order valence-corrected chi connectivity index (χ1v) is 3.13. The standard InChI is InChI=1S/C4H7NO2.C2H6/c1-4-2-6-3-7-5-4;1-2/h2-3H2,1H3;1-2H3. The number of hydrogen-bond donors (Lipinski definition) is 0. The largest absolute Gasteiger partial charge is 0.367 e. The highest BCUT2D eigenvalue weighted by Gasteiger charge is 1.97. The molecule has 0 spiro atoms. The average molecular weight is 131 g/mol. The van der Waals surface area contributed by atoms with Crippen molar-refractivity contribution in [2.75, 3.05) is 13.4 Å². The zero-order valence-corrected chi connectivity index (χ0v) is 6.18. The van der Waals surface area contributed by atoms with Crippen LogP contribution in [-0.2, 0) is 9.57 Å². The van der Waals surface area contributed by atoms with Gasteiger partial charge in [-0.1, -0.05) is 19.0 Å². The average Bonchev–Trinajstić information content (AvgIpc) is 1.94. The van der Waals surface area contributed by atoms with Crippen molar-refractivity contribution in [3.8, 4) is 0 Å². The van der Waals surface area contributed by atoms with Gasteiger partial charge in [-0.3, -0.25) is 0 Å². The van der Waals surface area contributed by atoms with Crippen LogP contribution in [0.5, 0.6) is 0 Å². The van der Waals surface area contributed by atoms with E-state index in [0.717, 1.165) is 5.71 Å². The molecular formula is C6H13NO2. The summed E-state index contributed by atoms with van der Waals surface area (Å²) in [7, 11) is 0. The summed E-state index contributed by atoms with van der Waals surface area (Å²) < 4.78 is 4.83. The Balaban J connectivity index is 0.000000291. The van der Waals surface area contributed by atoms with Crippen LogP contribution in [0, 0.1) is 0 Å². The Kier molecular flexibility index (Phi) is 5.21. The van der Waals surface area contributed by atoms with E-state index in [2.05, 4.69) is 9.99 Å². The second-order valence-corrected chi connectivity index (χ2v) is 1.42. The third-order valence-corrected chi connectivity index (χ3v) is 0.667. The maximum absolute atomic E-state index is 4.83. The molecule has 3 nitrogen and oxygen atoms in total. The van der Waals surface area contributed by atoms with E-state index in [4.69, 9.17) is 4.74 Å². The fourth-order valence-corrected chi connectivity index (χ4v) is 0.390. The minimum Gasteiger partial charge on any atom is -0.367 e. The number of ether oxygens (including phenoxy) is 1. The molecule has 0 aromatic rings. The summed E-state index contributed by atoms with van der Waals surface area (Å²) in [6, 6.07) is 0. The topological polar surface area (TPSA) is 30.8 Å². The zero-order valence-electron chi connectivity index (χ0n) is 6.18. The molecule has 0 unspecified atom stereocenters. The molecule has 1 heterocycles. The Morgan fingerprint density at radius 1 is 1.44 bits per heavy atom. The molecule has 1 rings (SSSR count). The van der Waals surface area contributed by atoms with Crippen molar-refractivity contribution in [3.63, 3.8) is 0 Å². The Labute approximate surface area is 55.6 Å². The highest BCUT2D eigenvalue weighted by atomic mass is 16.8. The van der Waals surface area contributed by atoms with Crippen molar-refractivity contribution in [1.82, 2.24) is 0 Å². The third-order valence-electron chi connectivity index (χ3n) is 0.667. The summed E-state index contributed by atoms with van der Waals surface area (Å²) in [5.74, 6) is 0.